The molecule has 130 valence electrons. The van der Waals surface area contributed by atoms with Gasteiger partial charge in [0, 0.05) is 22.9 Å². The predicted molar refractivity (Wildman–Crippen MR) is 89.9 cm³/mol. The fraction of sp³-hybridized carbons (Fsp3) is 0.176. The first-order chi connectivity index (χ1) is 11.8. The van der Waals surface area contributed by atoms with Crippen molar-refractivity contribution in [3.63, 3.8) is 0 Å². The second-order valence-electron chi connectivity index (χ2n) is 5.45. The van der Waals surface area contributed by atoms with E-state index in [1.54, 1.807) is 13.8 Å². The number of nitrogens with zero attached hydrogens (tertiary/aromatic N) is 1. The SMILES string of the molecule is Cc1ccc(F)cc1NC(=O)CNC(=O)c1ccc(C)c([N+](=O)[O-])c1. The maximum absolute atomic E-state index is 13.2. The number of nitrogens with one attached hydrogen (secondary N) is 2. The van der Waals surface area contributed by atoms with E-state index in [9.17, 15) is 24.1 Å². The van der Waals surface area contributed by atoms with Gasteiger partial charge in [0.1, 0.15) is 5.82 Å². The summed E-state index contributed by atoms with van der Waals surface area (Å²) in [5, 5.41) is 15.8. The zero-order chi connectivity index (χ0) is 18.6. The van der Waals surface area contributed by atoms with E-state index >= 15 is 0 Å². The van der Waals surface area contributed by atoms with Gasteiger partial charge >= 0.3 is 0 Å². The second kappa shape index (κ2) is 7.52. The lowest BCUT2D eigenvalue weighted by molar-refractivity contribution is -0.385. The third-order valence-electron chi connectivity index (χ3n) is 3.55. The summed E-state index contributed by atoms with van der Waals surface area (Å²) >= 11 is 0. The summed E-state index contributed by atoms with van der Waals surface area (Å²) in [6, 6.07) is 8.03. The van der Waals surface area contributed by atoms with E-state index in [-0.39, 0.29) is 17.8 Å². The molecule has 0 fully saturated rings. The number of nitro benzene ring substituents is 1. The Morgan fingerprint density at radius 2 is 1.80 bits per heavy atom. The number of rotatable bonds is 5. The summed E-state index contributed by atoms with van der Waals surface area (Å²) in [7, 11) is 0. The molecule has 0 atom stereocenters. The van der Waals surface area contributed by atoms with Gasteiger partial charge in [-0.05, 0) is 37.6 Å². The predicted octanol–water partition coefficient (Wildman–Crippen LogP) is 2.72. The van der Waals surface area contributed by atoms with Crippen LogP contribution in [0, 0.1) is 29.8 Å². The van der Waals surface area contributed by atoms with Gasteiger partial charge in [0.15, 0.2) is 0 Å². The molecule has 2 rings (SSSR count). The molecule has 7 nitrogen and oxygen atoms in total. The maximum atomic E-state index is 13.2. The fourth-order valence-corrected chi connectivity index (χ4v) is 2.13. The van der Waals surface area contributed by atoms with Crippen LogP contribution in [0.4, 0.5) is 15.8 Å². The number of amides is 2. The summed E-state index contributed by atoms with van der Waals surface area (Å²) in [5.74, 6) is -1.64. The van der Waals surface area contributed by atoms with E-state index in [1.807, 2.05) is 0 Å². The maximum Gasteiger partial charge on any atom is 0.273 e. The molecule has 0 unspecified atom stereocenters. The number of carbonyl (C=O) groups is 2. The van der Waals surface area contributed by atoms with Crippen LogP contribution >= 0.6 is 0 Å². The number of benzene rings is 2. The number of hydrogen-bond acceptors (Lipinski definition) is 4. The zero-order valence-electron chi connectivity index (χ0n) is 13.6. The molecular formula is C17H16FN3O4. The van der Waals surface area contributed by atoms with E-state index in [0.717, 1.165) is 6.07 Å². The van der Waals surface area contributed by atoms with Crippen molar-refractivity contribution < 1.29 is 18.9 Å². The van der Waals surface area contributed by atoms with E-state index in [2.05, 4.69) is 10.6 Å². The first-order valence-corrected chi connectivity index (χ1v) is 7.37. The summed E-state index contributed by atoms with van der Waals surface area (Å²) in [5.41, 5.74) is 1.32. The van der Waals surface area contributed by atoms with Gasteiger partial charge in [-0.2, -0.15) is 0 Å². The van der Waals surface area contributed by atoms with Crippen LogP contribution in [-0.2, 0) is 4.79 Å². The molecule has 2 N–H and O–H groups in total. The molecule has 0 saturated carbocycles. The van der Waals surface area contributed by atoms with Crippen molar-refractivity contribution in [2.24, 2.45) is 0 Å². The van der Waals surface area contributed by atoms with Crippen LogP contribution in [0.5, 0.6) is 0 Å². The minimum absolute atomic E-state index is 0.0760. The van der Waals surface area contributed by atoms with Crippen molar-refractivity contribution in [3.8, 4) is 0 Å². The fourth-order valence-electron chi connectivity index (χ4n) is 2.13. The first kappa shape index (κ1) is 18.1. The van der Waals surface area contributed by atoms with Gasteiger partial charge in [0.05, 0.1) is 11.5 Å². The van der Waals surface area contributed by atoms with Crippen LogP contribution in [0.15, 0.2) is 36.4 Å². The Morgan fingerprint density at radius 3 is 2.48 bits per heavy atom. The highest BCUT2D eigenvalue weighted by molar-refractivity contribution is 5.99. The molecule has 0 aliphatic rings. The third kappa shape index (κ3) is 4.60. The first-order valence-electron chi connectivity index (χ1n) is 7.37. The second-order valence-corrected chi connectivity index (χ2v) is 5.45. The number of aryl methyl sites for hydroxylation is 2. The Hall–Kier alpha value is -3.29. The molecular weight excluding hydrogens is 329 g/mol. The van der Waals surface area contributed by atoms with Crippen LogP contribution in [-0.4, -0.2) is 23.3 Å². The smallest absolute Gasteiger partial charge is 0.273 e. The number of nitro groups is 1. The minimum atomic E-state index is -0.616. The Kier molecular flexibility index (Phi) is 5.43. The lowest BCUT2D eigenvalue weighted by Crippen LogP contribution is -2.33. The third-order valence-corrected chi connectivity index (χ3v) is 3.55. The summed E-state index contributed by atoms with van der Waals surface area (Å²) in [4.78, 5) is 34.2. The van der Waals surface area contributed by atoms with Crippen molar-refractivity contribution in [1.82, 2.24) is 5.32 Å². The molecule has 0 saturated heterocycles. The van der Waals surface area contributed by atoms with Crippen molar-refractivity contribution in [1.29, 1.82) is 0 Å². The number of hydrogen-bond donors (Lipinski definition) is 2. The van der Waals surface area contributed by atoms with E-state index in [4.69, 9.17) is 0 Å². The van der Waals surface area contributed by atoms with E-state index < -0.39 is 22.6 Å². The van der Waals surface area contributed by atoms with Gasteiger partial charge in [-0.25, -0.2) is 4.39 Å². The number of halogens is 1. The Morgan fingerprint density at radius 1 is 1.12 bits per heavy atom. The van der Waals surface area contributed by atoms with Crippen molar-refractivity contribution in [3.05, 3.63) is 69.0 Å². The molecule has 0 spiro atoms. The van der Waals surface area contributed by atoms with Crippen molar-refractivity contribution in [2.45, 2.75) is 13.8 Å². The highest BCUT2D eigenvalue weighted by Gasteiger charge is 2.15. The van der Waals surface area contributed by atoms with Gasteiger partial charge in [-0.15, -0.1) is 0 Å². The molecule has 0 radical (unpaired) electrons. The van der Waals surface area contributed by atoms with E-state index in [0.29, 0.717) is 16.8 Å². The Labute approximate surface area is 143 Å². The zero-order valence-corrected chi connectivity index (χ0v) is 13.6. The minimum Gasteiger partial charge on any atom is -0.343 e. The largest absolute Gasteiger partial charge is 0.343 e. The van der Waals surface area contributed by atoms with Gasteiger partial charge < -0.3 is 10.6 Å². The van der Waals surface area contributed by atoms with Crippen LogP contribution in [0.1, 0.15) is 21.5 Å². The molecule has 0 bridgehead atoms. The summed E-state index contributed by atoms with van der Waals surface area (Å²) in [6.07, 6.45) is 0. The number of carbonyl (C=O) groups excluding carboxylic acids is 2. The molecule has 0 aliphatic heterocycles. The van der Waals surface area contributed by atoms with Crippen LogP contribution in [0.3, 0.4) is 0 Å². The molecule has 0 aromatic heterocycles. The van der Waals surface area contributed by atoms with Gasteiger partial charge in [0.25, 0.3) is 11.6 Å². The Balaban J connectivity index is 2.00. The van der Waals surface area contributed by atoms with Gasteiger partial charge in [-0.3, -0.25) is 19.7 Å². The number of anilines is 1. The average Bonchev–Trinajstić information content (AvgIpc) is 2.56. The molecule has 8 heteroatoms. The van der Waals surface area contributed by atoms with Crippen molar-refractivity contribution >= 4 is 23.2 Å². The quantitative estimate of drug-likeness (QED) is 0.642. The molecule has 2 aromatic carbocycles. The summed E-state index contributed by atoms with van der Waals surface area (Å²) in [6.45, 7) is 2.92. The lowest BCUT2D eigenvalue weighted by atomic mass is 10.1. The highest BCUT2D eigenvalue weighted by Crippen LogP contribution is 2.19. The van der Waals surface area contributed by atoms with Crippen LogP contribution in [0.25, 0.3) is 0 Å². The monoisotopic (exact) mass is 345 g/mol. The normalized spacial score (nSPS) is 10.2. The summed E-state index contributed by atoms with van der Waals surface area (Å²) < 4.78 is 13.2. The van der Waals surface area contributed by atoms with Crippen molar-refractivity contribution in [2.75, 3.05) is 11.9 Å². The van der Waals surface area contributed by atoms with Gasteiger partial charge in [0.2, 0.25) is 5.91 Å². The average molecular weight is 345 g/mol. The van der Waals surface area contributed by atoms with Crippen LogP contribution < -0.4 is 10.6 Å². The molecule has 2 aromatic rings. The highest BCUT2D eigenvalue weighted by atomic mass is 19.1. The topological polar surface area (TPSA) is 101 Å². The Bertz CT molecular complexity index is 852. The van der Waals surface area contributed by atoms with Crippen LogP contribution in [0.2, 0.25) is 0 Å². The van der Waals surface area contributed by atoms with Gasteiger partial charge in [-0.1, -0.05) is 12.1 Å². The molecule has 25 heavy (non-hydrogen) atoms. The molecule has 2 amide bonds. The standard InChI is InChI=1S/C17H16FN3O4/c1-10-4-6-13(18)8-14(10)20-16(22)9-19-17(23)12-5-3-11(2)15(7-12)21(24)25/h3-8H,9H2,1-2H3,(H,19,23)(H,20,22). The van der Waals surface area contributed by atoms with E-state index in [1.165, 1.54) is 30.3 Å². The molecule has 0 heterocycles. The lowest BCUT2D eigenvalue weighted by Gasteiger charge is -2.09. The molecule has 0 aliphatic carbocycles.